The van der Waals surface area contributed by atoms with Gasteiger partial charge in [-0.2, -0.15) is 0 Å². The molecule has 3 heterocycles. The highest BCUT2D eigenvalue weighted by atomic mass is 16.4. The number of rotatable bonds is 2. The molecular formula is C10H7N5O2. The zero-order valence-electron chi connectivity index (χ0n) is 8.51. The van der Waals surface area contributed by atoms with Crippen LogP contribution in [0, 0.1) is 0 Å². The topological polar surface area (TPSA) is 108 Å². The number of aromatic nitrogens is 5. The summed E-state index contributed by atoms with van der Waals surface area (Å²) in [6.07, 6.45) is 2.94. The summed E-state index contributed by atoms with van der Waals surface area (Å²) >= 11 is 0. The van der Waals surface area contributed by atoms with E-state index in [-0.39, 0.29) is 11.4 Å². The molecule has 7 heteroatoms. The summed E-state index contributed by atoms with van der Waals surface area (Å²) in [6.45, 7) is 0. The van der Waals surface area contributed by atoms with Crippen molar-refractivity contribution in [3.05, 3.63) is 30.4 Å². The van der Waals surface area contributed by atoms with Crippen molar-refractivity contribution in [2.75, 3.05) is 0 Å². The predicted molar refractivity (Wildman–Crippen MR) is 58.4 cm³/mol. The van der Waals surface area contributed by atoms with Crippen LogP contribution in [0.1, 0.15) is 10.5 Å². The van der Waals surface area contributed by atoms with Crippen LogP contribution in [-0.2, 0) is 0 Å². The molecular weight excluding hydrogens is 222 g/mol. The Kier molecular flexibility index (Phi) is 1.91. The highest BCUT2D eigenvalue weighted by Crippen LogP contribution is 2.19. The third-order valence-electron chi connectivity index (χ3n) is 2.33. The van der Waals surface area contributed by atoms with E-state index in [1.165, 1.54) is 6.33 Å². The van der Waals surface area contributed by atoms with Crippen molar-refractivity contribution < 1.29 is 9.90 Å². The number of hydrogen-bond acceptors (Lipinski definition) is 4. The highest BCUT2D eigenvalue weighted by Gasteiger charge is 2.17. The van der Waals surface area contributed by atoms with Crippen molar-refractivity contribution in [3.63, 3.8) is 0 Å². The van der Waals surface area contributed by atoms with Crippen molar-refractivity contribution in [1.29, 1.82) is 0 Å². The number of carbonyl (C=O) groups is 1. The Bertz CT molecular complexity index is 666. The van der Waals surface area contributed by atoms with Gasteiger partial charge in [0.2, 0.25) is 0 Å². The van der Waals surface area contributed by atoms with Crippen LogP contribution in [0.3, 0.4) is 0 Å². The van der Waals surface area contributed by atoms with E-state index in [2.05, 4.69) is 24.9 Å². The number of nitrogens with one attached hydrogen (secondary N) is 2. The van der Waals surface area contributed by atoms with Gasteiger partial charge in [0.05, 0.1) is 11.8 Å². The maximum absolute atomic E-state index is 10.9. The second-order valence-corrected chi connectivity index (χ2v) is 3.39. The molecule has 3 aromatic rings. The van der Waals surface area contributed by atoms with Gasteiger partial charge in [-0.05, 0) is 12.1 Å². The normalized spacial score (nSPS) is 10.8. The van der Waals surface area contributed by atoms with Crippen LogP contribution < -0.4 is 0 Å². The van der Waals surface area contributed by atoms with Gasteiger partial charge in [0, 0.05) is 6.20 Å². The second-order valence-electron chi connectivity index (χ2n) is 3.39. The van der Waals surface area contributed by atoms with Crippen molar-refractivity contribution >= 4 is 17.1 Å². The molecule has 0 aliphatic rings. The average Bonchev–Trinajstić information content (AvgIpc) is 2.95. The molecule has 0 unspecified atom stereocenters. The second kappa shape index (κ2) is 3.41. The number of carboxylic acids is 1. The summed E-state index contributed by atoms with van der Waals surface area (Å²) in [4.78, 5) is 28.7. The van der Waals surface area contributed by atoms with E-state index in [9.17, 15) is 4.79 Å². The summed E-state index contributed by atoms with van der Waals surface area (Å²) in [6, 6.07) is 3.58. The first kappa shape index (κ1) is 9.52. The third kappa shape index (κ3) is 1.44. The van der Waals surface area contributed by atoms with Crippen LogP contribution in [0.25, 0.3) is 22.7 Å². The van der Waals surface area contributed by atoms with Crippen LogP contribution in [-0.4, -0.2) is 36.0 Å². The number of H-pyrrole nitrogens is 2. The molecule has 0 saturated heterocycles. The van der Waals surface area contributed by atoms with E-state index in [0.29, 0.717) is 11.5 Å². The lowest BCUT2D eigenvalue weighted by atomic mass is 10.3. The van der Waals surface area contributed by atoms with Gasteiger partial charge >= 0.3 is 5.97 Å². The quantitative estimate of drug-likeness (QED) is 0.608. The third-order valence-corrected chi connectivity index (χ3v) is 2.33. The fourth-order valence-corrected chi connectivity index (χ4v) is 1.59. The van der Waals surface area contributed by atoms with Gasteiger partial charge in [0.25, 0.3) is 0 Å². The number of aromatic amines is 2. The first-order valence-electron chi connectivity index (χ1n) is 4.83. The fraction of sp³-hybridized carbons (Fsp3) is 0. The van der Waals surface area contributed by atoms with Gasteiger partial charge in [-0.1, -0.05) is 0 Å². The number of carboxylic acid groups (broad SMARTS) is 1. The number of aromatic carboxylic acids is 1. The van der Waals surface area contributed by atoms with Crippen LogP contribution in [0.4, 0.5) is 0 Å². The lowest BCUT2D eigenvalue weighted by Gasteiger charge is -1.92. The minimum absolute atomic E-state index is 0.00376. The minimum atomic E-state index is -1.08. The zero-order chi connectivity index (χ0) is 11.8. The molecule has 0 aliphatic heterocycles. The van der Waals surface area contributed by atoms with Crippen LogP contribution >= 0.6 is 0 Å². The molecule has 7 nitrogen and oxygen atoms in total. The summed E-state index contributed by atoms with van der Waals surface area (Å²) < 4.78 is 0. The van der Waals surface area contributed by atoms with Crippen molar-refractivity contribution in [1.82, 2.24) is 24.9 Å². The summed E-state index contributed by atoms with van der Waals surface area (Å²) in [7, 11) is 0. The molecule has 3 rings (SSSR count). The van der Waals surface area contributed by atoms with Gasteiger partial charge < -0.3 is 15.1 Å². The average molecular weight is 229 g/mol. The van der Waals surface area contributed by atoms with E-state index in [1.54, 1.807) is 12.3 Å². The molecule has 17 heavy (non-hydrogen) atoms. The molecule has 0 aliphatic carbocycles. The lowest BCUT2D eigenvalue weighted by molar-refractivity contribution is 0.0692. The van der Waals surface area contributed by atoms with Gasteiger partial charge in [0.15, 0.2) is 17.2 Å². The van der Waals surface area contributed by atoms with Crippen molar-refractivity contribution in [2.45, 2.75) is 0 Å². The maximum Gasteiger partial charge on any atom is 0.354 e. The minimum Gasteiger partial charge on any atom is -0.477 e. The smallest absolute Gasteiger partial charge is 0.354 e. The van der Waals surface area contributed by atoms with Gasteiger partial charge in [-0.3, -0.25) is 0 Å². The number of imidazole rings is 2. The molecule has 0 aromatic carbocycles. The SMILES string of the molecule is O=C(O)c1[nH]cnc1-c1nc2ncccc2[nH]1. The molecule has 0 saturated carbocycles. The van der Waals surface area contributed by atoms with Crippen LogP contribution in [0.2, 0.25) is 0 Å². The Morgan fingerprint density at radius 1 is 1.35 bits per heavy atom. The monoisotopic (exact) mass is 229 g/mol. The first-order valence-corrected chi connectivity index (χ1v) is 4.83. The molecule has 0 spiro atoms. The Morgan fingerprint density at radius 3 is 3.00 bits per heavy atom. The zero-order valence-corrected chi connectivity index (χ0v) is 8.51. The number of hydrogen-bond donors (Lipinski definition) is 3. The molecule has 0 bridgehead atoms. The predicted octanol–water partition coefficient (Wildman–Crippen LogP) is 1.05. The summed E-state index contributed by atoms with van der Waals surface area (Å²) in [5.74, 6) is -0.691. The Hall–Kier alpha value is -2.70. The summed E-state index contributed by atoms with van der Waals surface area (Å²) in [5, 5.41) is 8.96. The molecule has 0 fully saturated rings. The van der Waals surface area contributed by atoms with E-state index >= 15 is 0 Å². The molecule has 3 N–H and O–H groups in total. The van der Waals surface area contributed by atoms with Crippen molar-refractivity contribution in [2.24, 2.45) is 0 Å². The van der Waals surface area contributed by atoms with Gasteiger partial charge in [0.1, 0.15) is 5.69 Å². The van der Waals surface area contributed by atoms with Gasteiger partial charge in [-0.15, -0.1) is 0 Å². The lowest BCUT2D eigenvalue weighted by Crippen LogP contribution is -1.99. The highest BCUT2D eigenvalue weighted by molar-refractivity contribution is 5.92. The number of pyridine rings is 1. The van der Waals surface area contributed by atoms with Crippen LogP contribution in [0.5, 0.6) is 0 Å². The molecule has 0 radical (unpaired) electrons. The van der Waals surface area contributed by atoms with Crippen LogP contribution in [0.15, 0.2) is 24.7 Å². The Labute approximate surface area is 94.6 Å². The fourth-order valence-electron chi connectivity index (χ4n) is 1.59. The van der Waals surface area contributed by atoms with E-state index in [4.69, 9.17) is 5.11 Å². The number of nitrogens with zero attached hydrogens (tertiary/aromatic N) is 3. The maximum atomic E-state index is 10.9. The standard InChI is InChI=1S/C10H7N5O2/c16-10(17)7-6(12-4-13-7)9-14-5-2-1-3-11-8(5)15-9/h1-4H,(H,12,13)(H,16,17)(H,11,14,15). The molecule has 0 amide bonds. The van der Waals surface area contributed by atoms with E-state index < -0.39 is 5.97 Å². The Morgan fingerprint density at radius 2 is 2.24 bits per heavy atom. The molecule has 3 aromatic heterocycles. The van der Waals surface area contributed by atoms with Gasteiger partial charge in [-0.25, -0.2) is 19.7 Å². The number of fused-ring (bicyclic) bond motifs is 1. The van der Waals surface area contributed by atoms with Crippen molar-refractivity contribution in [3.8, 4) is 11.5 Å². The first-order chi connectivity index (χ1) is 8.25. The Balaban J connectivity index is 2.20. The molecule has 84 valence electrons. The van der Waals surface area contributed by atoms with E-state index in [1.807, 2.05) is 6.07 Å². The largest absolute Gasteiger partial charge is 0.477 e. The van der Waals surface area contributed by atoms with E-state index in [0.717, 1.165) is 5.52 Å². The molecule has 0 atom stereocenters. The summed E-state index contributed by atoms with van der Waals surface area (Å²) in [5.41, 5.74) is 1.54.